The molecular weight excluding hydrogens is 266 g/mol. The molecule has 102 valence electrons. The Bertz CT molecular complexity index is 676. The van der Waals surface area contributed by atoms with Crippen LogP contribution in [0.15, 0.2) is 12.1 Å². The Hall–Kier alpha value is -1.69. The van der Waals surface area contributed by atoms with Crippen LogP contribution in [0.4, 0.5) is 5.69 Å². The molecule has 0 saturated heterocycles. The zero-order chi connectivity index (χ0) is 14.4. The van der Waals surface area contributed by atoms with Crippen LogP contribution in [-0.2, 0) is 14.6 Å². The van der Waals surface area contributed by atoms with Crippen LogP contribution in [0.25, 0.3) is 0 Å². The molecule has 1 aromatic carbocycles. The van der Waals surface area contributed by atoms with Gasteiger partial charge < -0.3 is 4.90 Å². The third-order valence-electron chi connectivity index (χ3n) is 3.21. The van der Waals surface area contributed by atoms with E-state index in [0.29, 0.717) is 11.3 Å². The van der Waals surface area contributed by atoms with E-state index in [4.69, 9.17) is 0 Å². The van der Waals surface area contributed by atoms with E-state index in [2.05, 4.69) is 0 Å². The highest BCUT2D eigenvalue weighted by Gasteiger charge is 2.38. The number of anilines is 1. The molecule has 5 nitrogen and oxygen atoms in total. The summed E-state index contributed by atoms with van der Waals surface area (Å²) in [6.45, 7) is 3.59. The molecular formula is C13H15NO4S. The number of sulfone groups is 1. The van der Waals surface area contributed by atoms with Crippen molar-refractivity contribution in [1.82, 2.24) is 0 Å². The van der Waals surface area contributed by atoms with Crippen LogP contribution < -0.4 is 4.90 Å². The monoisotopic (exact) mass is 281 g/mol. The van der Waals surface area contributed by atoms with Gasteiger partial charge in [-0.15, -0.1) is 0 Å². The van der Waals surface area contributed by atoms with Crippen LogP contribution in [0.2, 0.25) is 0 Å². The largest absolute Gasteiger partial charge is 0.303 e. The van der Waals surface area contributed by atoms with Crippen molar-refractivity contribution in [3.63, 3.8) is 0 Å². The summed E-state index contributed by atoms with van der Waals surface area (Å²) in [5.74, 6) is -1.35. The van der Waals surface area contributed by atoms with Gasteiger partial charge in [-0.05, 0) is 25.0 Å². The summed E-state index contributed by atoms with van der Waals surface area (Å²) in [5.41, 5.74) is 2.49. The van der Waals surface area contributed by atoms with E-state index >= 15 is 0 Å². The molecule has 0 fully saturated rings. The first-order valence-corrected chi connectivity index (χ1v) is 7.92. The minimum Gasteiger partial charge on any atom is -0.303 e. The molecule has 1 aromatic rings. The number of fused-ring (bicyclic) bond motifs is 1. The second kappa shape index (κ2) is 4.45. The number of carbonyl (C=O) groups excluding carboxylic acids is 2. The van der Waals surface area contributed by atoms with Gasteiger partial charge in [0, 0.05) is 12.8 Å². The van der Waals surface area contributed by atoms with E-state index in [1.807, 2.05) is 6.07 Å². The summed E-state index contributed by atoms with van der Waals surface area (Å²) < 4.78 is 22.4. The predicted octanol–water partition coefficient (Wildman–Crippen LogP) is 0.877. The Morgan fingerprint density at radius 3 is 2.26 bits per heavy atom. The molecule has 0 bridgehead atoms. The molecule has 0 N–H and O–H groups in total. The Morgan fingerprint density at radius 1 is 1.11 bits per heavy atom. The van der Waals surface area contributed by atoms with Crippen LogP contribution in [0.5, 0.6) is 0 Å². The van der Waals surface area contributed by atoms with E-state index in [-0.39, 0.29) is 12.3 Å². The van der Waals surface area contributed by atoms with Crippen molar-refractivity contribution in [3.8, 4) is 0 Å². The molecule has 1 aliphatic rings. The molecule has 6 heteroatoms. The van der Waals surface area contributed by atoms with Gasteiger partial charge >= 0.3 is 0 Å². The maximum Gasteiger partial charge on any atom is 0.299 e. The molecule has 0 atom stereocenters. The number of ketones is 1. The number of rotatable bonds is 3. The van der Waals surface area contributed by atoms with Crippen molar-refractivity contribution in [2.24, 2.45) is 0 Å². The highest BCUT2D eigenvalue weighted by Crippen LogP contribution is 2.34. The lowest BCUT2D eigenvalue weighted by Gasteiger charge is -2.18. The van der Waals surface area contributed by atoms with Gasteiger partial charge in [0.05, 0.1) is 17.0 Å². The van der Waals surface area contributed by atoms with E-state index in [9.17, 15) is 18.0 Å². The number of benzene rings is 1. The highest BCUT2D eigenvalue weighted by molar-refractivity contribution is 7.90. The molecule has 1 aliphatic heterocycles. The van der Waals surface area contributed by atoms with Crippen LogP contribution >= 0.6 is 0 Å². The van der Waals surface area contributed by atoms with Crippen molar-refractivity contribution in [2.75, 3.05) is 23.5 Å². The van der Waals surface area contributed by atoms with Crippen LogP contribution in [0.3, 0.4) is 0 Å². The fourth-order valence-corrected chi connectivity index (χ4v) is 2.75. The number of aryl methyl sites for hydroxylation is 2. The van der Waals surface area contributed by atoms with Gasteiger partial charge in [0.2, 0.25) is 0 Å². The van der Waals surface area contributed by atoms with Gasteiger partial charge in [-0.2, -0.15) is 0 Å². The normalized spacial score (nSPS) is 15.0. The third kappa shape index (κ3) is 2.40. The fourth-order valence-electron chi connectivity index (χ4n) is 2.23. The summed E-state index contributed by atoms with van der Waals surface area (Å²) in [6, 6.07) is 3.62. The summed E-state index contributed by atoms with van der Waals surface area (Å²) in [5, 5.41) is 0. The summed E-state index contributed by atoms with van der Waals surface area (Å²) >= 11 is 0. The average molecular weight is 281 g/mol. The lowest BCUT2D eigenvalue weighted by atomic mass is 10.0. The molecule has 19 heavy (non-hydrogen) atoms. The summed E-state index contributed by atoms with van der Waals surface area (Å²) in [6.07, 6.45) is 1.11. The Morgan fingerprint density at radius 2 is 1.68 bits per heavy atom. The summed E-state index contributed by atoms with van der Waals surface area (Å²) in [7, 11) is -3.18. The number of hydrogen-bond donors (Lipinski definition) is 0. The smallest absolute Gasteiger partial charge is 0.299 e. The third-order valence-corrected chi connectivity index (χ3v) is 4.13. The number of nitrogens with zero attached hydrogens (tertiary/aromatic N) is 1. The summed E-state index contributed by atoms with van der Waals surface area (Å²) in [4.78, 5) is 25.2. The first-order chi connectivity index (χ1) is 8.72. The second-order valence-electron chi connectivity index (χ2n) is 4.84. The first kappa shape index (κ1) is 13.7. The SMILES string of the molecule is Cc1ccc(C)c2c1C(=O)C(=O)N2CCS(C)(=O)=O. The maximum absolute atomic E-state index is 12.0. The molecule has 0 saturated carbocycles. The lowest BCUT2D eigenvalue weighted by molar-refractivity contribution is -0.114. The van der Waals surface area contributed by atoms with Gasteiger partial charge in [-0.3, -0.25) is 9.59 Å². The minimum absolute atomic E-state index is 0.0146. The molecule has 1 heterocycles. The molecule has 0 radical (unpaired) electrons. The highest BCUT2D eigenvalue weighted by atomic mass is 32.2. The Kier molecular flexibility index (Phi) is 3.22. The standard InChI is InChI=1S/C13H15NO4S/c1-8-4-5-9(2)11-10(8)12(15)13(16)14(11)6-7-19(3,17)18/h4-5H,6-7H2,1-3H3. The zero-order valence-electron chi connectivity index (χ0n) is 11.1. The fraction of sp³-hybridized carbons (Fsp3) is 0.385. The second-order valence-corrected chi connectivity index (χ2v) is 7.10. The molecule has 0 spiro atoms. The number of Topliss-reactive ketones (excluding diaryl/α,β-unsaturated/α-hetero) is 1. The predicted molar refractivity (Wildman–Crippen MR) is 72.3 cm³/mol. The lowest BCUT2D eigenvalue weighted by Crippen LogP contribution is -2.34. The minimum atomic E-state index is -3.18. The quantitative estimate of drug-likeness (QED) is 0.771. The van der Waals surface area contributed by atoms with E-state index in [1.165, 1.54) is 4.90 Å². The molecule has 0 aromatic heterocycles. The molecule has 1 amide bonds. The first-order valence-electron chi connectivity index (χ1n) is 5.86. The van der Waals surface area contributed by atoms with Crippen molar-refractivity contribution in [3.05, 3.63) is 28.8 Å². The topological polar surface area (TPSA) is 71.5 Å². The van der Waals surface area contributed by atoms with Gasteiger partial charge in [-0.1, -0.05) is 12.1 Å². The zero-order valence-corrected chi connectivity index (χ0v) is 11.9. The van der Waals surface area contributed by atoms with Crippen molar-refractivity contribution in [1.29, 1.82) is 0 Å². The maximum atomic E-state index is 12.0. The van der Waals surface area contributed by atoms with Crippen molar-refractivity contribution >= 4 is 27.2 Å². The average Bonchev–Trinajstić information content (AvgIpc) is 2.55. The van der Waals surface area contributed by atoms with E-state index in [0.717, 1.165) is 17.4 Å². The van der Waals surface area contributed by atoms with Crippen LogP contribution in [0, 0.1) is 13.8 Å². The van der Waals surface area contributed by atoms with Crippen LogP contribution in [-0.4, -0.2) is 38.7 Å². The van der Waals surface area contributed by atoms with Gasteiger partial charge in [-0.25, -0.2) is 8.42 Å². The van der Waals surface area contributed by atoms with Crippen molar-refractivity contribution < 1.29 is 18.0 Å². The van der Waals surface area contributed by atoms with Crippen molar-refractivity contribution in [2.45, 2.75) is 13.8 Å². The molecule has 2 rings (SSSR count). The Labute approximate surface area is 112 Å². The molecule has 0 aliphatic carbocycles. The number of hydrogen-bond acceptors (Lipinski definition) is 4. The number of amides is 1. The van der Waals surface area contributed by atoms with E-state index < -0.39 is 21.5 Å². The molecule has 0 unspecified atom stereocenters. The van der Waals surface area contributed by atoms with Gasteiger partial charge in [0.15, 0.2) is 0 Å². The van der Waals surface area contributed by atoms with E-state index in [1.54, 1.807) is 19.9 Å². The van der Waals surface area contributed by atoms with Crippen LogP contribution in [0.1, 0.15) is 21.5 Å². The Balaban J connectivity index is 2.47. The van der Waals surface area contributed by atoms with Gasteiger partial charge in [0.1, 0.15) is 9.84 Å². The van der Waals surface area contributed by atoms with Gasteiger partial charge in [0.25, 0.3) is 11.7 Å². The number of carbonyl (C=O) groups is 2.